The van der Waals surface area contributed by atoms with E-state index in [0.29, 0.717) is 25.7 Å². The number of fused-ring (bicyclic) bond motifs is 1. The van der Waals surface area contributed by atoms with Crippen LogP contribution < -0.4 is 0 Å². The third-order valence-corrected chi connectivity index (χ3v) is 9.79. The Bertz CT molecular complexity index is 402. The molecule has 0 aliphatic carbocycles. The molecule has 1 unspecified atom stereocenters. The highest BCUT2D eigenvalue weighted by Crippen LogP contribution is 2.40. The van der Waals surface area contributed by atoms with Crippen molar-refractivity contribution in [2.75, 3.05) is 19.8 Å². The lowest BCUT2D eigenvalue weighted by Crippen LogP contribution is -2.50. The summed E-state index contributed by atoms with van der Waals surface area (Å²) in [5, 5.41) is 0.195. The van der Waals surface area contributed by atoms with Crippen LogP contribution in [0.3, 0.4) is 0 Å². The molecule has 0 radical (unpaired) electrons. The molecule has 0 aromatic carbocycles. The predicted molar refractivity (Wildman–Crippen MR) is 90.4 cm³/mol. The largest absolute Gasteiger partial charge is 0.414 e. The molecule has 5 heteroatoms. The number of hydrogen-bond donors (Lipinski definition) is 0. The SMILES string of the molecule is C=C1COC2[C@@H]1C[C@@H](OCC)O[C@@H]2CO[Si](C)(C)C(C)(C)C. The summed E-state index contributed by atoms with van der Waals surface area (Å²) in [7, 11) is -1.79. The Labute approximate surface area is 136 Å². The van der Waals surface area contributed by atoms with Gasteiger partial charge >= 0.3 is 0 Å². The van der Waals surface area contributed by atoms with Crippen molar-refractivity contribution in [3.63, 3.8) is 0 Å². The average molecular weight is 329 g/mol. The first-order chi connectivity index (χ1) is 10.2. The summed E-state index contributed by atoms with van der Waals surface area (Å²) < 4.78 is 24.1. The standard InChI is InChI=1S/C17H32O4Si/c1-8-18-15-9-13-12(2)10-19-16(13)14(21-15)11-20-22(6,7)17(3,4)5/h13-16H,2,8-11H2,1,3-7H3/t13-,14-,15+,16?/m1/s1. The smallest absolute Gasteiger partial charge is 0.192 e. The minimum atomic E-state index is -1.79. The van der Waals surface area contributed by atoms with Crippen LogP contribution in [0.4, 0.5) is 0 Å². The molecule has 0 spiro atoms. The van der Waals surface area contributed by atoms with Crippen LogP contribution in [0, 0.1) is 5.92 Å². The third kappa shape index (κ3) is 3.82. The van der Waals surface area contributed by atoms with Crippen molar-refractivity contribution < 1.29 is 18.6 Å². The summed E-state index contributed by atoms with van der Waals surface area (Å²) in [5.41, 5.74) is 1.16. The highest BCUT2D eigenvalue weighted by molar-refractivity contribution is 6.74. The first kappa shape index (κ1) is 18.1. The molecule has 2 aliphatic heterocycles. The van der Waals surface area contributed by atoms with Gasteiger partial charge < -0.3 is 18.6 Å². The van der Waals surface area contributed by atoms with E-state index >= 15 is 0 Å². The van der Waals surface area contributed by atoms with Crippen LogP contribution in [0.5, 0.6) is 0 Å². The van der Waals surface area contributed by atoms with Crippen LogP contribution in [0.1, 0.15) is 34.1 Å². The van der Waals surface area contributed by atoms with Gasteiger partial charge in [-0.15, -0.1) is 0 Å². The fraction of sp³-hybridized carbons (Fsp3) is 0.882. The van der Waals surface area contributed by atoms with Crippen molar-refractivity contribution in [3.8, 4) is 0 Å². The highest BCUT2D eigenvalue weighted by Gasteiger charge is 2.46. The summed E-state index contributed by atoms with van der Waals surface area (Å²) in [6.07, 6.45) is 0.670. The molecule has 0 aromatic heterocycles. The van der Waals surface area contributed by atoms with E-state index in [1.54, 1.807) is 0 Å². The van der Waals surface area contributed by atoms with Crippen molar-refractivity contribution in [1.82, 2.24) is 0 Å². The van der Waals surface area contributed by atoms with Gasteiger partial charge in [-0.25, -0.2) is 0 Å². The maximum atomic E-state index is 6.35. The van der Waals surface area contributed by atoms with E-state index in [-0.39, 0.29) is 23.5 Å². The van der Waals surface area contributed by atoms with Crippen LogP contribution >= 0.6 is 0 Å². The highest BCUT2D eigenvalue weighted by atomic mass is 28.4. The maximum Gasteiger partial charge on any atom is 0.192 e. The molecule has 0 saturated carbocycles. The van der Waals surface area contributed by atoms with Crippen molar-refractivity contribution in [3.05, 3.63) is 12.2 Å². The molecule has 128 valence electrons. The lowest BCUT2D eigenvalue weighted by Gasteiger charge is -2.41. The monoisotopic (exact) mass is 328 g/mol. The van der Waals surface area contributed by atoms with Gasteiger partial charge in [-0.05, 0) is 30.6 Å². The zero-order chi connectivity index (χ0) is 16.5. The summed E-state index contributed by atoms with van der Waals surface area (Å²) in [5.74, 6) is 0.332. The first-order valence-electron chi connectivity index (χ1n) is 8.36. The second kappa shape index (κ2) is 6.73. The Balaban J connectivity index is 2.03. The van der Waals surface area contributed by atoms with Gasteiger partial charge in [0.2, 0.25) is 0 Å². The predicted octanol–water partition coefficient (Wildman–Crippen LogP) is 3.73. The van der Waals surface area contributed by atoms with Gasteiger partial charge in [0.1, 0.15) is 6.10 Å². The van der Waals surface area contributed by atoms with E-state index in [1.807, 2.05) is 6.92 Å². The van der Waals surface area contributed by atoms with E-state index in [2.05, 4.69) is 40.4 Å². The second-order valence-electron chi connectivity index (χ2n) is 7.91. The lowest BCUT2D eigenvalue weighted by atomic mass is 9.88. The molecule has 2 saturated heterocycles. The Hall–Kier alpha value is -0.203. The zero-order valence-corrected chi connectivity index (χ0v) is 16.0. The topological polar surface area (TPSA) is 36.9 Å². The number of hydrogen-bond acceptors (Lipinski definition) is 4. The normalized spacial score (nSPS) is 33.1. The molecular formula is C17H32O4Si. The second-order valence-corrected chi connectivity index (χ2v) is 12.7. The number of rotatable bonds is 5. The van der Waals surface area contributed by atoms with Gasteiger partial charge in [-0.2, -0.15) is 0 Å². The summed E-state index contributed by atoms with van der Waals surface area (Å²) in [4.78, 5) is 0. The van der Waals surface area contributed by atoms with Crippen LogP contribution in [0.25, 0.3) is 0 Å². The van der Waals surface area contributed by atoms with E-state index in [1.165, 1.54) is 0 Å². The molecule has 4 atom stereocenters. The number of ether oxygens (including phenoxy) is 3. The van der Waals surface area contributed by atoms with Crippen molar-refractivity contribution in [2.24, 2.45) is 5.92 Å². The van der Waals surface area contributed by atoms with Gasteiger partial charge in [0.05, 0.1) is 19.3 Å². The molecule has 0 N–H and O–H groups in total. The van der Waals surface area contributed by atoms with E-state index < -0.39 is 8.32 Å². The quantitative estimate of drug-likeness (QED) is 0.569. The Morgan fingerprint density at radius 3 is 2.59 bits per heavy atom. The van der Waals surface area contributed by atoms with Crippen molar-refractivity contribution >= 4 is 8.32 Å². The van der Waals surface area contributed by atoms with E-state index in [4.69, 9.17) is 18.6 Å². The van der Waals surface area contributed by atoms with Crippen molar-refractivity contribution in [1.29, 1.82) is 0 Å². The molecular weight excluding hydrogens is 296 g/mol. The maximum absolute atomic E-state index is 6.35. The fourth-order valence-electron chi connectivity index (χ4n) is 2.80. The Morgan fingerprint density at radius 2 is 2.00 bits per heavy atom. The van der Waals surface area contributed by atoms with Gasteiger partial charge in [-0.1, -0.05) is 27.4 Å². The van der Waals surface area contributed by atoms with E-state index in [9.17, 15) is 0 Å². The summed E-state index contributed by atoms with van der Waals surface area (Å²) >= 11 is 0. The lowest BCUT2D eigenvalue weighted by molar-refractivity contribution is -0.235. The molecule has 2 rings (SSSR count). The van der Waals surface area contributed by atoms with Gasteiger partial charge in [-0.3, -0.25) is 0 Å². The minimum Gasteiger partial charge on any atom is -0.414 e. The van der Waals surface area contributed by atoms with Crippen molar-refractivity contribution in [2.45, 2.75) is 70.7 Å². The average Bonchev–Trinajstić information content (AvgIpc) is 2.77. The van der Waals surface area contributed by atoms with Gasteiger partial charge in [0.15, 0.2) is 14.6 Å². The Kier molecular flexibility index (Phi) is 5.55. The molecule has 4 nitrogen and oxygen atoms in total. The van der Waals surface area contributed by atoms with Crippen LogP contribution in [0.2, 0.25) is 18.1 Å². The third-order valence-electron chi connectivity index (χ3n) is 5.29. The zero-order valence-electron chi connectivity index (χ0n) is 15.0. The Morgan fingerprint density at radius 1 is 1.32 bits per heavy atom. The fourth-order valence-corrected chi connectivity index (χ4v) is 3.81. The molecule has 22 heavy (non-hydrogen) atoms. The summed E-state index contributed by atoms with van der Waals surface area (Å²) in [6, 6.07) is 0. The minimum absolute atomic E-state index is 0.0639. The molecule has 2 aliphatic rings. The molecule has 0 amide bonds. The molecule has 0 bridgehead atoms. The van der Waals surface area contributed by atoms with Crippen LogP contribution in [-0.2, 0) is 18.6 Å². The van der Waals surface area contributed by atoms with Gasteiger partial charge in [0, 0.05) is 18.9 Å². The van der Waals surface area contributed by atoms with Crippen LogP contribution in [0.15, 0.2) is 12.2 Å². The molecule has 2 fully saturated rings. The first-order valence-corrected chi connectivity index (χ1v) is 11.3. The van der Waals surface area contributed by atoms with E-state index in [0.717, 1.165) is 12.0 Å². The summed E-state index contributed by atoms with van der Waals surface area (Å²) in [6.45, 7) is 19.3. The van der Waals surface area contributed by atoms with Crippen LogP contribution in [-0.4, -0.2) is 46.6 Å². The van der Waals surface area contributed by atoms with Gasteiger partial charge in [0.25, 0.3) is 0 Å². The molecule has 2 heterocycles. The molecule has 0 aromatic rings.